The Hall–Kier alpha value is -3.35. The van der Waals surface area contributed by atoms with Crippen LogP contribution in [0.5, 0.6) is 0 Å². The Morgan fingerprint density at radius 1 is 0.833 bits per heavy atom. The molecule has 0 aliphatic carbocycles. The van der Waals surface area contributed by atoms with E-state index in [-0.39, 0.29) is 11.5 Å². The molecule has 0 radical (unpaired) electrons. The Balaban J connectivity index is 1.40. The lowest BCUT2D eigenvalue weighted by atomic mass is 10.0. The molecule has 5 nitrogen and oxygen atoms in total. The molecular formula is C23H22F2N4O. The van der Waals surface area contributed by atoms with Gasteiger partial charge in [0.1, 0.15) is 0 Å². The van der Waals surface area contributed by atoms with E-state index in [9.17, 15) is 13.6 Å². The van der Waals surface area contributed by atoms with Crippen LogP contribution in [0.4, 0.5) is 14.6 Å². The first-order valence-electron chi connectivity index (χ1n) is 9.83. The maximum atomic E-state index is 13.4. The zero-order valence-electron chi connectivity index (χ0n) is 16.9. The van der Waals surface area contributed by atoms with Gasteiger partial charge in [0.15, 0.2) is 17.5 Å². The van der Waals surface area contributed by atoms with E-state index in [0.29, 0.717) is 26.2 Å². The van der Waals surface area contributed by atoms with Crippen LogP contribution >= 0.6 is 0 Å². The average Bonchev–Trinajstić information content (AvgIpc) is 2.77. The van der Waals surface area contributed by atoms with Crippen LogP contribution in [-0.4, -0.2) is 47.2 Å². The molecule has 0 N–H and O–H groups in total. The predicted octanol–water partition coefficient (Wildman–Crippen LogP) is 4.00. The van der Waals surface area contributed by atoms with Gasteiger partial charge in [-0.25, -0.2) is 8.78 Å². The Labute approximate surface area is 174 Å². The van der Waals surface area contributed by atoms with Crippen LogP contribution in [0, 0.1) is 25.5 Å². The molecule has 0 atom stereocenters. The fourth-order valence-corrected chi connectivity index (χ4v) is 3.50. The van der Waals surface area contributed by atoms with Gasteiger partial charge in [-0.3, -0.25) is 4.79 Å². The maximum Gasteiger partial charge on any atom is 0.254 e. The largest absolute Gasteiger partial charge is 0.352 e. The summed E-state index contributed by atoms with van der Waals surface area (Å²) in [4.78, 5) is 16.3. The molecule has 1 amide bonds. The van der Waals surface area contributed by atoms with Crippen LogP contribution in [0.3, 0.4) is 0 Å². The van der Waals surface area contributed by atoms with Crippen molar-refractivity contribution in [3.8, 4) is 11.3 Å². The number of amides is 1. The summed E-state index contributed by atoms with van der Waals surface area (Å²) in [7, 11) is 0. The van der Waals surface area contributed by atoms with Crippen LogP contribution in [0.25, 0.3) is 11.3 Å². The molecule has 1 aliphatic heterocycles. The summed E-state index contributed by atoms with van der Waals surface area (Å²) >= 11 is 0. The van der Waals surface area contributed by atoms with Gasteiger partial charge in [0, 0.05) is 37.3 Å². The highest BCUT2D eigenvalue weighted by Gasteiger charge is 2.23. The van der Waals surface area contributed by atoms with E-state index in [0.717, 1.165) is 29.2 Å². The molecular weight excluding hydrogens is 386 g/mol. The number of hydrogen-bond acceptors (Lipinski definition) is 4. The number of nitrogens with zero attached hydrogens (tertiary/aromatic N) is 4. The van der Waals surface area contributed by atoms with Gasteiger partial charge in [-0.1, -0.05) is 12.1 Å². The molecule has 1 fully saturated rings. The van der Waals surface area contributed by atoms with Crippen molar-refractivity contribution >= 4 is 11.7 Å². The van der Waals surface area contributed by atoms with Crippen molar-refractivity contribution in [1.82, 2.24) is 15.1 Å². The number of carbonyl (C=O) groups excluding carboxylic acids is 1. The number of rotatable bonds is 3. The van der Waals surface area contributed by atoms with Crippen molar-refractivity contribution in [2.24, 2.45) is 0 Å². The standard InChI is InChI=1S/C23H22F2N4O/c1-15-3-4-17(13-16(15)2)21-7-8-22(27-26-21)28-9-11-29(12-10-28)23(30)18-5-6-19(24)20(25)14-18/h3-8,13-14H,9-12H2,1-2H3. The summed E-state index contributed by atoms with van der Waals surface area (Å²) < 4.78 is 26.5. The first kappa shape index (κ1) is 19.9. The lowest BCUT2D eigenvalue weighted by Crippen LogP contribution is -2.49. The van der Waals surface area contributed by atoms with Crippen molar-refractivity contribution in [3.63, 3.8) is 0 Å². The molecule has 0 spiro atoms. The molecule has 2 heterocycles. The SMILES string of the molecule is Cc1ccc(-c2ccc(N3CCN(C(=O)c4ccc(F)c(F)c4)CC3)nn2)cc1C. The van der Waals surface area contributed by atoms with Crippen LogP contribution < -0.4 is 4.90 Å². The molecule has 30 heavy (non-hydrogen) atoms. The number of halogens is 2. The minimum Gasteiger partial charge on any atom is -0.352 e. The summed E-state index contributed by atoms with van der Waals surface area (Å²) in [6, 6.07) is 13.3. The number of benzene rings is 2. The molecule has 1 aromatic heterocycles. The third-order valence-corrected chi connectivity index (χ3v) is 5.51. The highest BCUT2D eigenvalue weighted by atomic mass is 19.2. The van der Waals surface area contributed by atoms with Gasteiger partial charge in [-0.2, -0.15) is 0 Å². The third-order valence-electron chi connectivity index (χ3n) is 5.51. The van der Waals surface area contributed by atoms with Crippen LogP contribution in [-0.2, 0) is 0 Å². The van der Waals surface area contributed by atoms with E-state index in [1.54, 1.807) is 4.90 Å². The van der Waals surface area contributed by atoms with Crippen molar-refractivity contribution in [1.29, 1.82) is 0 Å². The van der Waals surface area contributed by atoms with Gasteiger partial charge >= 0.3 is 0 Å². The Kier molecular flexibility index (Phi) is 5.44. The molecule has 4 rings (SSSR count). The lowest BCUT2D eigenvalue weighted by molar-refractivity contribution is 0.0746. The van der Waals surface area contributed by atoms with E-state index in [2.05, 4.69) is 41.1 Å². The van der Waals surface area contributed by atoms with Crippen molar-refractivity contribution in [3.05, 3.63) is 76.9 Å². The molecule has 1 saturated heterocycles. The molecule has 0 unspecified atom stereocenters. The fourth-order valence-electron chi connectivity index (χ4n) is 3.50. The molecule has 154 valence electrons. The highest BCUT2D eigenvalue weighted by molar-refractivity contribution is 5.94. The van der Waals surface area contributed by atoms with Gasteiger partial charge in [-0.05, 0) is 61.4 Å². The summed E-state index contributed by atoms with van der Waals surface area (Å²) in [6.07, 6.45) is 0. The lowest BCUT2D eigenvalue weighted by Gasteiger charge is -2.35. The van der Waals surface area contributed by atoms with Crippen molar-refractivity contribution < 1.29 is 13.6 Å². The van der Waals surface area contributed by atoms with Gasteiger partial charge in [0.2, 0.25) is 0 Å². The molecule has 7 heteroatoms. The quantitative estimate of drug-likeness (QED) is 0.657. The second-order valence-electron chi connectivity index (χ2n) is 7.48. The Morgan fingerprint density at radius 3 is 2.23 bits per heavy atom. The first-order valence-corrected chi connectivity index (χ1v) is 9.83. The predicted molar refractivity (Wildman–Crippen MR) is 111 cm³/mol. The number of hydrogen-bond donors (Lipinski definition) is 0. The Morgan fingerprint density at radius 2 is 1.60 bits per heavy atom. The summed E-state index contributed by atoms with van der Waals surface area (Å²) in [5, 5.41) is 8.73. The molecule has 0 bridgehead atoms. The number of carbonyl (C=O) groups is 1. The van der Waals surface area contributed by atoms with Crippen LogP contribution in [0.1, 0.15) is 21.5 Å². The zero-order valence-corrected chi connectivity index (χ0v) is 16.9. The Bertz CT molecular complexity index is 1080. The van der Waals surface area contributed by atoms with E-state index in [1.807, 2.05) is 18.2 Å². The number of aryl methyl sites for hydroxylation is 2. The maximum absolute atomic E-state index is 13.4. The van der Waals surface area contributed by atoms with Gasteiger partial charge in [0.25, 0.3) is 5.91 Å². The van der Waals surface area contributed by atoms with E-state index < -0.39 is 11.6 Å². The smallest absolute Gasteiger partial charge is 0.254 e. The summed E-state index contributed by atoms with van der Waals surface area (Å²) in [6.45, 7) is 6.27. The first-order chi connectivity index (χ1) is 14.4. The third kappa shape index (κ3) is 4.01. The van der Waals surface area contributed by atoms with Crippen LogP contribution in [0.15, 0.2) is 48.5 Å². The minimum absolute atomic E-state index is 0.153. The second-order valence-corrected chi connectivity index (χ2v) is 7.48. The highest BCUT2D eigenvalue weighted by Crippen LogP contribution is 2.22. The van der Waals surface area contributed by atoms with Crippen molar-refractivity contribution in [2.75, 3.05) is 31.1 Å². The molecule has 1 aliphatic rings. The summed E-state index contributed by atoms with van der Waals surface area (Å²) in [5.41, 5.74) is 4.44. The second kappa shape index (κ2) is 8.18. The zero-order chi connectivity index (χ0) is 21.3. The normalized spacial score (nSPS) is 14.1. The fraction of sp³-hybridized carbons (Fsp3) is 0.261. The number of aromatic nitrogens is 2. The minimum atomic E-state index is -1.02. The monoisotopic (exact) mass is 408 g/mol. The average molecular weight is 408 g/mol. The van der Waals surface area contributed by atoms with E-state index in [4.69, 9.17) is 0 Å². The number of anilines is 1. The molecule has 0 saturated carbocycles. The van der Waals surface area contributed by atoms with E-state index >= 15 is 0 Å². The van der Waals surface area contributed by atoms with Gasteiger partial charge in [-0.15, -0.1) is 10.2 Å². The van der Waals surface area contributed by atoms with Gasteiger partial charge in [0.05, 0.1) is 5.69 Å². The summed E-state index contributed by atoms with van der Waals surface area (Å²) in [5.74, 6) is -1.52. The van der Waals surface area contributed by atoms with Crippen molar-refractivity contribution in [2.45, 2.75) is 13.8 Å². The van der Waals surface area contributed by atoms with E-state index in [1.165, 1.54) is 17.2 Å². The topological polar surface area (TPSA) is 49.3 Å². The molecule has 2 aromatic carbocycles. The van der Waals surface area contributed by atoms with Crippen LogP contribution in [0.2, 0.25) is 0 Å². The number of piperazine rings is 1. The molecule has 3 aromatic rings. The van der Waals surface area contributed by atoms with Gasteiger partial charge < -0.3 is 9.80 Å².